The summed E-state index contributed by atoms with van der Waals surface area (Å²) in [4.78, 5) is 10.1. The summed E-state index contributed by atoms with van der Waals surface area (Å²) in [5.41, 5.74) is 8.27. The molecule has 0 bridgehead atoms. The van der Waals surface area contributed by atoms with E-state index in [1.807, 2.05) is 18.3 Å². The van der Waals surface area contributed by atoms with Gasteiger partial charge in [-0.05, 0) is 30.5 Å². The molecule has 1 aromatic heterocycles. The van der Waals surface area contributed by atoms with E-state index in [1.165, 1.54) is 5.56 Å². The third-order valence-electron chi connectivity index (χ3n) is 4.69. The largest absolute Gasteiger partial charge is 0.496 e. The van der Waals surface area contributed by atoms with Gasteiger partial charge in [0, 0.05) is 49.8 Å². The van der Waals surface area contributed by atoms with Gasteiger partial charge in [-0.15, -0.1) is 24.0 Å². The van der Waals surface area contributed by atoms with E-state index >= 15 is 0 Å². The SMILES string of the molecule is COc1cccc2[nH]cc(CCNC(N)=NCCCN3CCOCC3)c12.I. The number of methoxy groups -OCH3 is 1. The van der Waals surface area contributed by atoms with Crippen molar-refractivity contribution in [2.75, 3.05) is 53.0 Å². The maximum absolute atomic E-state index is 5.97. The predicted molar refractivity (Wildman–Crippen MR) is 120 cm³/mol. The smallest absolute Gasteiger partial charge is 0.188 e. The van der Waals surface area contributed by atoms with Crippen LogP contribution in [0.15, 0.2) is 29.4 Å². The number of hydrogen-bond acceptors (Lipinski definition) is 4. The molecular formula is C19H30IN5O2. The van der Waals surface area contributed by atoms with Gasteiger partial charge >= 0.3 is 0 Å². The normalized spacial score (nSPS) is 15.5. The van der Waals surface area contributed by atoms with Gasteiger partial charge in [0.1, 0.15) is 5.75 Å². The number of rotatable bonds is 8. The van der Waals surface area contributed by atoms with E-state index in [2.05, 4.69) is 26.3 Å². The van der Waals surface area contributed by atoms with Crippen molar-refractivity contribution in [3.8, 4) is 5.75 Å². The van der Waals surface area contributed by atoms with Crippen molar-refractivity contribution < 1.29 is 9.47 Å². The molecule has 150 valence electrons. The highest BCUT2D eigenvalue weighted by Gasteiger charge is 2.10. The minimum Gasteiger partial charge on any atom is -0.496 e. The van der Waals surface area contributed by atoms with E-state index in [1.54, 1.807) is 7.11 Å². The van der Waals surface area contributed by atoms with Crippen molar-refractivity contribution in [3.63, 3.8) is 0 Å². The molecule has 2 aromatic rings. The van der Waals surface area contributed by atoms with Crippen LogP contribution in [0, 0.1) is 0 Å². The number of nitrogens with one attached hydrogen (secondary N) is 2. The fourth-order valence-electron chi connectivity index (χ4n) is 3.29. The fourth-order valence-corrected chi connectivity index (χ4v) is 3.29. The summed E-state index contributed by atoms with van der Waals surface area (Å²) < 4.78 is 10.8. The molecule has 2 heterocycles. The van der Waals surface area contributed by atoms with Gasteiger partial charge in [-0.2, -0.15) is 0 Å². The first-order valence-electron chi connectivity index (χ1n) is 9.25. The van der Waals surface area contributed by atoms with Crippen LogP contribution in [0.2, 0.25) is 0 Å². The number of fused-ring (bicyclic) bond motifs is 1. The summed E-state index contributed by atoms with van der Waals surface area (Å²) in [7, 11) is 1.70. The van der Waals surface area contributed by atoms with Gasteiger partial charge in [0.25, 0.3) is 0 Å². The molecule has 7 nitrogen and oxygen atoms in total. The Morgan fingerprint density at radius 3 is 2.96 bits per heavy atom. The van der Waals surface area contributed by atoms with E-state index in [-0.39, 0.29) is 24.0 Å². The molecule has 0 unspecified atom stereocenters. The van der Waals surface area contributed by atoms with Gasteiger partial charge in [0.15, 0.2) is 5.96 Å². The summed E-state index contributed by atoms with van der Waals surface area (Å²) in [6.07, 6.45) is 3.90. The number of benzene rings is 1. The lowest BCUT2D eigenvalue weighted by Crippen LogP contribution is -2.37. The number of aromatic nitrogens is 1. The number of guanidine groups is 1. The van der Waals surface area contributed by atoms with Crippen LogP contribution in [0.4, 0.5) is 0 Å². The standard InChI is InChI=1S/C19H29N5O2.HI/c1-25-17-5-2-4-16-18(17)15(14-23-16)6-8-22-19(20)21-7-3-9-24-10-12-26-13-11-24;/h2,4-5,14,23H,3,6-13H2,1H3,(H3,20,21,22);1H. The third-order valence-corrected chi connectivity index (χ3v) is 4.69. The first-order valence-corrected chi connectivity index (χ1v) is 9.25. The van der Waals surface area contributed by atoms with E-state index in [0.29, 0.717) is 5.96 Å². The Bertz CT molecular complexity index is 728. The van der Waals surface area contributed by atoms with Crippen LogP contribution < -0.4 is 15.8 Å². The molecule has 1 aromatic carbocycles. The molecule has 1 fully saturated rings. The lowest BCUT2D eigenvalue weighted by atomic mass is 10.1. The maximum atomic E-state index is 5.97. The second-order valence-corrected chi connectivity index (χ2v) is 6.45. The van der Waals surface area contributed by atoms with Crippen LogP contribution in [0.5, 0.6) is 5.75 Å². The topological polar surface area (TPSA) is 87.9 Å². The van der Waals surface area contributed by atoms with Crippen molar-refractivity contribution >= 4 is 40.8 Å². The molecule has 0 atom stereocenters. The number of morpholine rings is 1. The second kappa shape index (κ2) is 11.4. The number of aliphatic imine (C=N–C) groups is 1. The highest BCUT2D eigenvalue weighted by Crippen LogP contribution is 2.28. The Kier molecular flexibility index (Phi) is 9.16. The predicted octanol–water partition coefficient (Wildman–Crippen LogP) is 1.96. The Hall–Kier alpha value is -1.52. The number of nitrogens with zero attached hydrogens (tertiary/aromatic N) is 2. The molecule has 0 amide bonds. The average Bonchev–Trinajstić information content (AvgIpc) is 3.09. The van der Waals surface area contributed by atoms with Crippen molar-refractivity contribution in [1.29, 1.82) is 0 Å². The van der Waals surface area contributed by atoms with E-state index in [0.717, 1.165) is 75.4 Å². The number of halogens is 1. The number of H-pyrrole nitrogens is 1. The van der Waals surface area contributed by atoms with Crippen molar-refractivity contribution in [2.24, 2.45) is 10.7 Å². The molecule has 1 aliphatic rings. The minimum absolute atomic E-state index is 0. The lowest BCUT2D eigenvalue weighted by Gasteiger charge is -2.26. The fraction of sp³-hybridized carbons (Fsp3) is 0.526. The molecule has 0 saturated carbocycles. The monoisotopic (exact) mass is 487 g/mol. The van der Waals surface area contributed by atoms with Crippen LogP contribution >= 0.6 is 24.0 Å². The van der Waals surface area contributed by atoms with Gasteiger partial charge in [0.05, 0.1) is 20.3 Å². The molecule has 4 N–H and O–H groups in total. The molecular weight excluding hydrogens is 457 g/mol. The zero-order chi connectivity index (χ0) is 18.2. The summed E-state index contributed by atoms with van der Waals surface area (Å²) in [6.45, 7) is 6.25. The molecule has 1 saturated heterocycles. The van der Waals surface area contributed by atoms with Gasteiger partial charge in [-0.1, -0.05) is 6.07 Å². The lowest BCUT2D eigenvalue weighted by molar-refractivity contribution is 0.0377. The van der Waals surface area contributed by atoms with Gasteiger partial charge in [-0.25, -0.2) is 0 Å². The summed E-state index contributed by atoms with van der Waals surface area (Å²) >= 11 is 0. The minimum atomic E-state index is 0. The number of aromatic amines is 1. The van der Waals surface area contributed by atoms with Crippen LogP contribution in [-0.4, -0.2) is 68.9 Å². The molecule has 3 rings (SSSR count). The van der Waals surface area contributed by atoms with Gasteiger partial charge in [-0.3, -0.25) is 9.89 Å². The Labute approximate surface area is 177 Å². The van der Waals surface area contributed by atoms with E-state index in [4.69, 9.17) is 15.2 Å². The molecule has 0 radical (unpaired) electrons. The van der Waals surface area contributed by atoms with Crippen molar-refractivity contribution in [1.82, 2.24) is 15.2 Å². The molecule has 8 heteroatoms. The number of nitrogens with two attached hydrogens (primary N) is 1. The summed E-state index contributed by atoms with van der Waals surface area (Å²) in [5.74, 6) is 1.40. The van der Waals surface area contributed by atoms with Gasteiger partial charge in [0.2, 0.25) is 0 Å². The van der Waals surface area contributed by atoms with Crippen LogP contribution in [0.25, 0.3) is 10.9 Å². The quantitative estimate of drug-likeness (QED) is 0.230. The van der Waals surface area contributed by atoms with Crippen molar-refractivity contribution in [3.05, 3.63) is 30.0 Å². The summed E-state index contributed by atoms with van der Waals surface area (Å²) in [6, 6.07) is 6.03. The van der Waals surface area contributed by atoms with Crippen LogP contribution in [-0.2, 0) is 11.2 Å². The first-order chi connectivity index (χ1) is 12.8. The van der Waals surface area contributed by atoms with E-state index in [9.17, 15) is 0 Å². The van der Waals surface area contributed by atoms with Crippen LogP contribution in [0.1, 0.15) is 12.0 Å². The van der Waals surface area contributed by atoms with Gasteiger partial charge < -0.3 is 25.5 Å². The van der Waals surface area contributed by atoms with Crippen LogP contribution in [0.3, 0.4) is 0 Å². The third kappa shape index (κ3) is 6.25. The van der Waals surface area contributed by atoms with Crippen molar-refractivity contribution in [2.45, 2.75) is 12.8 Å². The molecule has 1 aliphatic heterocycles. The zero-order valence-electron chi connectivity index (χ0n) is 15.9. The molecule has 0 aliphatic carbocycles. The Balaban J connectivity index is 0.00000261. The second-order valence-electron chi connectivity index (χ2n) is 6.45. The summed E-state index contributed by atoms with van der Waals surface area (Å²) in [5, 5.41) is 4.34. The number of hydrogen-bond donors (Lipinski definition) is 3. The number of ether oxygens (including phenoxy) is 2. The first kappa shape index (κ1) is 21.8. The highest BCUT2D eigenvalue weighted by molar-refractivity contribution is 14.0. The molecule has 27 heavy (non-hydrogen) atoms. The molecule has 0 spiro atoms. The Morgan fingerprint density at radius 2 is 2.19 bits per heavy atom. The zero-order valence-corrected chi connectivity index (χ0v) is 18.2. The average molecular weight is 487 g/mol. The Morgan fingerprint density at radius 1 is 1.37 bits per heavy atom. The van der Waals surface area contributed by atoms with E-state index < -0.39 is 0 Å². The highest BCUT2D eigenvalue weighted by atomic mass is 127. The maximum Gasteiger partial charge on any atom is 0.188 e.